The number of hydrogen-bond donors (Lipinski definition) is 0. The van der Waals surface area contributed by atoms with Crippen LogP contribution in [0.5, 0.6) is 0 Å². The Hall–Kier alpha value is -5.52. The van der Waals surface area contributed by atoms with Crippen molar-refractivity contribution in [1.82, 2.24) is 19.9 Å². The van der Waals surface area contributed by atoms with Crippen LogP contribution in [0.4, 0.5) is 0 Å². The fourth-order valence-electron chi connectivity index (χ4n) is 6.64. The Labute approximate surface area is 285 Å². The number of aromatic nitrogens is 4. The van der Waals surface area contributed by atoms with Gasteiger partial charge < -0.3 is 0 Å². The van der Waals surface area contributed by atoms with Crippen LogP contribution < -0.4 is 0 Å². The molecule has 3 aromatic heterocycles. The minimum Gasteiger partial charge on any atom is -0.0615 e. The second kappa shape index (κ2) is 11.0. The average Bonchev–Trinajstić information content (AvgIpc) is 3.77. The first-order chi connectivity index (χ1) is 23.8. The van der Waals surface area contributed by atoms with Gasteiger partial charge in [-0.15, -0.1) is 0 Å². The molecule has 0 saturated heterocycles. The molecule has 3 heterocycles. The van der Waals surface area contributed by atoms with E-state index in [1.807, 2.05) is 60.7 Å². The van der Waals surface area contributed by atoms with Crippen molar-refractivity contribution >= 4 is 76.9 Å². The zero-order valence-corrected chi connectivity index (χ0v) is 28.0. The van der Waals surface area contributed by atoms with Crippen molar-refractivity contribution in [1.29, 1.82) is 0 Å². The first kappa shape index (κ1) is 27.6. The number of rotatable bonds is 4. The molecular weight excluding hydrogens is 672 g/mol. The molecule has 4 nitrogen and oxygen atoms in total. The fraction of sp³-hybridized carbons (Fsp3) is 0. The molecule has 7 aromatic carbocycles. The molecule has 0 aliphatic heterocycles. The molecule has 6 heteroatoms. The molecule has 0 fully saturated rings. The van der Waals surface area contributed by atoms with E-state index >= 15 is 0 Å². The Bertz CT molecular complexity index is 2770. The van der Waals surface area contributed by atoms with E-state index in [1.54, 1.807) is 11.3 Å². The SMILES string of the molecule is c1ccc(-c2nc(-c3ccccc3)nc(-c3ccc4c(ccc5c4ccc4c5[se]c5ccc6sc(-c7ccccc7)nc6c54)c3)n2)cc1. The van der Waals surface area contributed by atoms with E-state index < -0.39 is 0 Å². The van der Waals surface area contributed by atoms with Crippen molar-refractivity contribution in [2.24, 2.45) is 0 Å². The van der Waals surface area contributed by atoms with Gasteiger partial charge in [0.25, 0.3) is 0 Å². The third kappa shape index (κ3) is 4.49. The third-order valence-electron chi connectivity index (χ3n) is 8.95. The molecular formula is C42H24N4SSe. The van der Waals surface area contributed by atoms with Crippen molar-refractivity contribution in [3.63, 3.8) is 0 Å². The monoisotopic (exact) mass is 696 g/mol. The van der Waals surface area contributed by atoms with Crippen molar-refractivity contribution in [2.75, 3.05) is 0 Å². The molecule has 10 aromatic rings. The summed E-state index contributed by atoms with van der Waals surface area (Å²) >= 11 is 1.98. The Morgan fingerprint density at radius 1 is 0.438 bits per heavy atom. The summed E-state index contributed by atoms with van der Waals surface area (Å²) in [6, 6.07) is 51.1. The van der Waals surface area contributed by atoms with Gasteiger partial charge in [-0.3, -0.25) is 0 Å². The van der Waals surface area contributed by atoms with Crippen molar-refractivity contribution in [2.45, 2.75) is 0 Å². The number of nitrogens with zero attached hydrogens (tertiary/aromatic N) is 4. The van der Waals surface area contributed by atoms with Crippen molar-refractivity contribution < 1.29 is 0 Å². The van der Waals surface area contributed by atoms with E-state index in [4.69, 9.17) is 19.9 Å². The van der Waals surface area contributed by atoms with Gasteiger partial charge >= 0.3 is 251 Å². The van der Waals surface area contributed by atoms with Crippen LogP contribution in [0.2, 0.25) is 0 Å². The average molecular weight is 696 g/mol. The van der Waals surface area contributed by atoms with Crippen molar-refractivity contribution in [3.05, 3.63) is 146 Å². The van der Waals surface area contributed by atoms with Gasteiger partial charge in [-0.25, -0.2) is 0 Å². The molecule has 0 unspecified atom stereocenters. The molecule has 48 heavy (non-hydrogen) atoms. The van der Waals surface area contributed by atoms with Crippen LogP contribution in [0.25, 0.3) is 95.8 Å². The predicted molar refractivity (Wildman–Crippen MR) is 202 cm³/mol. The van der Waals surface area contributed by atoms with E-state index in [0.29, 0.717) is 17.5 Å². The van der Waals surface area contributed by atoms with Gasteiger partial charge in [0.2, 0.25) is 0 Å². The summed E-state index contributed by atoms with van der Waals surface area (Å²) in [5.41, 5.74) is 5.20. The number of fused-ring (bicyclic) bond motifs is 9. The fourth-order valence-corrected chi connectivity index (χ4v) is 10.2. The summed E-state index contributed by atoms with van der Waals surface area (Å²) in [6.45, 7) is 0. The minimum atomic E-state index is 0.203. The first-order valence-corrected chi connectivity index (χ1v) is 18.3. The van der Waals surface area contributed by atoms with Crippen LogP contribution in [0.1, 0.15) is 0 Å². The van der Waals surface area contributed by atoms with Gasteiger partial charge in [-0.05, 0) is 0 Å². The summed E-state index contributed by atoms with van der Waals surface area (Å²) in [6.07, 6.45) is 0. The quantitative estimate of drug-likeness (QED) is 0.136. The maximum absolute atomic E-state index is 5.19. The predicted octanol–water partition coefficient (Wildman–Crippen LogP) is 10.8. The molecule has 0 atom stereocenters. The number of hydrogen-bond acceptors (Lipinski definition) is 5. The first-order valence-electron chi connectivity index (χ1n) is 15.8. The Balaban J connectivity index is 1.12. The molecule has 0 radical (unpaired) electrons. The van der Waals surface area contributed by atoms with Crippen LogP contribution in [0.15, 0.2) is 146 Å². The minimum absolute atomic E-state index is 0.203. The molecule has 0 aliphatic rings. The standard InChI is InChI=1S/C42H24N4SSe/c1-4-10-25(11-5-1)39-44-40(26-12-6-2-7-13-26)46-41(45-39)29-17-18-30-28(24-29)16-19-32-31(30)20-21-33-36-35(48-38(32)33)23-22-34-37(36)43-42(47-34)27-14-8-3-9-15-27/h1-24H. The Kier molecular flexibility index (Phi) is 6.34. The van der Waals surface area contributed by atoms with Gasteiger partial charge in [0.1, 0.15) is 0 Å². The van der Waals surface area contributed by atoms with E-state index in [9.17, 15) is 0 Å². The van der Waals surface area contributed by atoms with E-state index in [-0.39, 0.29) is 14.5 Å². The molecule has 0 N–H and O–H groups in total. The Morgan fingerprint density at radius 3 is 1.71 bits per heavy atom. The van der Waals surface area contributed by atoms with Crippen LogP contribution in [-0.2, 0) is 0 Å². The third-order valence-corrected chi connectivity index (χ3v) is 12.5. The second-order valence-electron chi connectivity index (χ2n) is 11.8. The van der Waals surface area contributed by atoms with Gasteiger partial charge in [0, 0.05) is 0 Å². The molecule has 0 aliphatic carbocycles. The van der Waals surface area contributed by atoms with E-state index in [0.717, 1.165) is 27.2 Å². The smallest absolute Gasteiger partial charge is 0.0615 e. The zero-order chi connectivity index (χ0) is 31.6. The Morgan fingerprint density at radius 2 is 1.02 bits per heavy atom. The number of thiazole rings is 1. The topological polar surface area (TPSA) is 51.6 Å². The summed E-state index contributed by atoms with van der Waals surface area (Å²) in [5.74, 6) is 2.00. The molecule has 0 saturated carbocycles. The summed E-state index contributed by atoms with van der Waals surface area (Å²) in [7, 11) is 0. The van der Waals surface area contributed by atoms with E-state index in [1.165, 1.54) is 51.1 Å². The molecule has 10 rings (SSSR count). The molecule has 224 valence electrons. The summed E-state index contributed by atoms with van der Waals surface area (Å²) < 4.78 is 4.10. The van der Waals surface area contributed by atoms with Gasteiger partial charge in [0.15, 0.2) is 0 Å². The number of benzene rings is 7. The molecule has 0 bridgehead atoms. The molecule has 0 amide bonds. The zero-order valence-electron chi connectivity index (χ0n) is 25.5. The van der Waals surface area contributed by atoms with Crippen LogP contribution in [0, 0.1) is 0 Å². The summed E-state index contributed by atoms with van der Waals surface area (Å²) in [5, 5.41) is 8.73. The van der Waals surface area contributed by atoms with Crippen LogP contribution >= 0.6 is 11.3 Å². The van der Waals surface area contributed by atoms with Gasteiger partial charge in [-0.2, -0.15) is 0 Å². The van der Waals surface area contributed by atoms with Crippen LogP contribution in [-0.4, -0.2) is 34.4 Å². The maximum atomic E-state index is 5.19. The van der Waals surface area contributed by atoms with E-state index in [2.05, 4.69) is 84.9 Å². The summed E-state index contributed by atoms with van der Waals surface area (Å²) in [4.78, 5) is 20.0. The van der Waals surface area contributed by atoms with Crippen LogP contribution in [0.3, 0.4) is 0 Å². The van der Waals surface area contributed by atoms with Crippen molar-refractivity contribution in [3.8, 4) is 44.7 Å². The van der Waals surface area contributed by atoms with Gasteiger partial charge in [-0.1, -0.05) is 36.4 Å². The van der Waals surface area contributed by atoms with Gasteiger partial charge in [0.05, 0.1) is 0 Å². The molecule has 0 spiro atoms. The normalized spacial score (nSPS) is 11.8. The second-order valence-corrected chi connectivity index (χ2v) is 15.1.